The van der Waals surface area contributed by atoms with E-state index in [4.69, 9.17) is 9.47 Å². The third-order valence-electron chi connectivity index (χ3n) is 5.29. The van der Waals surface area contributed by atoms with Crippen molar-refractivity contribution in [2.45, 2.75) is 19.9 Å². The van der Waals surface area contributed by atoms with Gasteiger partial charge in [0.15, 0.2) is 11.5 Å². The van der Waals surface area contributed by atoms with E-state index in [0.717, 1.165) is 16.8 Å². The average Bonchev–Trinajstić information content (AvgIpc) is 2.83. The van der Waals surface area contributed by atoms with Gasteiger partial charge in [0.05, 0.1) is 31.1 Å². The van der Waals surface area contributed by atoms with Gasteiger partial charge >= 0.3 is 0 Å². The molecular formula is C26H35FN2O5S. The Bertz CT molecular complexity index is 1070. The summed E-state index contributed by atoms with van der Waals surface area (Å²) >= 11 is 1.63. The van der Waals surface area contributed by atoms with Crippen LogP contribution in [0.25, 0.3) is 11.1 Å². The molecule has 0 saturated carbocycles. The minimum absolute atomic E-state index is 0. The Morgan fingerprint density at radius 2 is 1.77 bits per heavy atom. The molecule has 1 atom stereocenters. The van der Waals surface area contributed by atoms with E-state index in [1.165, 1.54) is 11.1 Å². The number of rotatable bonds is 11. The number of anilines is 2. The van der Waals surface area contributed by atoms with Crippen molar-refractivity contribution in [2.24, 2.45) is 0 Å². The molecule has 0 heterocycles. The fourth-order valence-electron chi connectivity index (χ4n) is 3.73. The molecular weight excluding hydrogens is 471 g/mol. The lowest BCUT2D eigenvalue weighted by Gasteiger charge is -2.30. The van der Waals surface area contributed by atoms with Gasteiger partial charge in [-0.1, -0.05) is 30.3 Å². The van der Waals surface area contributed by atoms with Gasteiger partial charge in [-0.05, 0) is 61.6 Å². The van der Waals surface area contributed by atoms with Crippen LogP contribution in [0.15, 0.2) is 60.7 Å². The molecule has 7 nitrogen and oxygen atoms in total. The molecule has 0 radical (unpaired) electrons. The van der Waals surface area contributed by atoms with Crippen LogP contribution in [0, 0.1) is 5.82 Å². The van der Waals surface area contributed by atoms with Gasteiger partial charge in [-0.25, -0.2) is 9.45 Å². The highest BCUT2D eigenvalue weighted by Gasteiger charge is 2.23. The van der Waals surface area contributed by atoms with Crippen molar-refractivity contribution in [3.63, 3.8) is 0 Å². The third-order valence-corrected chi connectivity index (χ3v) is 5.94. The van der Waals surface area contributed by atoms with Crippen molar-refractivity contribution < 1.29 is 30.0 Å². The van der Waals surface area contributed by atoms with Crippen LogP contribution in [0.3, 0.4) is 0 Å². The number of methoxy groups -OCH3 is 1. The maximum atomic E-state index is 14.4. The maximum Gasteiger partial charge on any atom is 0.161 e. The molecule has 35 heavy (non-hydrogen) atoms. The van der Waals surface area contributed by atoms with Crippen LogP contribution < -0.4 is 19.9 Å². The first-order valence-electron chi connectivity index (χ1n) is 10.9. The highest BCUT2D eigenvalue weighted by molar-refractivity contribution is 7.98. The second-order valence-corrected chi connectivity index (χ2v) is 8.31. The predicted molar refractivity (Wildman–Crippen MR) is 143 cm³/mol. The molecule has 0 aliphatic rings. The first-order chi connectivity index (χ1) is 16.0. The van der Waals surface area contributed by atoms with Gasteiger partial charge < -0.3 is 25.7 Å². The van der Waals surface area contributed by atoms with Crippen LogP contribution in [0.1, 0.15) is 25.5 Å². The zero-order chi connectivity index (χ0) is 23.8. The molecule has 0 bridgehead atoms. The van der Waals surface area contributed by atoms with Crippen LogP contribution >= 0.6 is 11.8 Å². The molecule has 3 aromatic carbocycles. The molecule has 3 aromatic rings. The molecule has 192 valence electrons. The number of hydrogen-bond donors (Lipinski definition) is 2. The summed E-state index contributed by atoms with van der Waals surface area (Å²) in [6.45, 7) is 5.08. The van der Waals surface area contributed by atoms with Crippen molar-refractivity contribution >= 4 is 23.1 Å². The topological polar surface area (TPSA) is 117 Å². The number of benzene rings is 3. The van der Waals surface area contributed by atoms with Crippen molar-refractivity contribution in [1.82, 2.24) is 0 Å². The van der Waals surface area contributed by atoms with Crippen LogP contribution in [0.2, 0.25) is 0 Å². The van der Waals surface area contributed by atoms with Gasteiger partial charge in [0.2, 0.25) is 0 Å². The maximum absolute atomic E-state index is 14.4. The van der Waals surface area contributed by atoms with Gasteiger partial charge in [-0.2, -0.15) is 11.8 Å². The number of ether oxygens (including phenoxy) is 2. The summed E-state index contributed by atoms with van der Waals surface area (Å²) in [5.41, 5.74) is 3.50. The molecule has 0 aromatic heterocycles. The molecule has 0 fully saturated rings. The SMILES string of the molecule is CCNc1cc(-c2ccccc2F)ccc1N(O)C(CSC)c1ccc(OC)c(OCC)c1.O.O. The Morgan fingerprint density at radius 3 is 2.40 bits per heavy atom. The summed E-state index contributed by atoms with van der Waals surface area (Å²) in [6, 6.07) is 17.6. The lowest BCUT2D eigenvalue weighted by molar-refractivity contribution is 0.225. The van der Waals surface area contributed by atoms with Crippen molar-refractivity contribution in [2.75, 3.05) is 42.7 Å². The van der Waals surface area contributed by atoms with E-state index >= 15 is 0 Å². The van der Waals surface area contributed by atoms with Crippen molar-refractivity contribution in [1.29, 1.82) is 0 Å². The van der Waals surface area contributed by atoms with Gasteiger partial charge in [0, 0.05) is 17.9 Å². The molecule has 0 amide bonds. The van der Waals surface area contributed by atoms with Gasteiger partial charge in [-0.3, -0.25) is 5.21 Å². The van der Waals surface area contributed by atoms with Crippen LogP contribution in [0.5, 0.6) is 11.5 Å². The Morgan fingerprint density at radius 1 is 1.03 bits per heavy atom. The number of thioether (sulfide) groups is 1. The van der Waals surface area contributed by atoms with E-state index in [1.54, 1.807) is 31.0 Å². The van der Waals surface area contributed by atoms with E-state index in [-0.39, 0.29) is 22.8 Å². The molecule has 6 N–H and O–H groups in total. The number of hydrogen-bond acceptors (Lipinski definition) is 6. The van der Waals surface area contributed by atoms with Crippen LogP contribution in [-0.4, -0.2) is 48.4 Å². The minimum Gasteiger partial charge on any atom is -0.493 e. The third kappa shape index (κ3) is 7.02. The van der Waals surface area contributed by atoms with E-state index in [1.807, 2.05) is 62.6 Å². The van der Waals surface area contributed by atoms with Crippen LogP contribution in [-0.2, 0) is 0 Å². The largest absolute Gasteiger partial charge is 0.493 e. The molecule has 9 heteroatoms. The second kappa shape index (κ2) is 14.4. The zero-order valence-corrected chi connectivity index (χ0v) is 21.3. The fourth-order valence-corrected chi connectivity index (χ4v) is 4.38. The summed E-state index contributed by atoms with van der Waals surface area (Å²) in [4.78, 5) is 0. The first kappa shape index (κ1) is 30.1. The summed E-state index contributed by atoms with van der Waals surface area (Å²) in [7, 11) is 1.61. The summed E-state index contributed by atoms with van der Waals surface area (Å²) < 4.78 is 25.5. The van der Waals surface area contributed by atoms with Crippen LogP contribution in [0.4, 0.5) is 15.8 Å². The number of nitrogens with one attached hydrogen (secondary N) is 1. The van der Waals surface area contributed by atoms with Crippen molar-refractivity contribution in [3.8, 4) is 22.6 Å². The summed E-state index contributed by atoms with van der Waals surface area (Å²) in [5.74, 6) is 1.65. The Balaban J connectivity index is 0.00000306. The quantitative estimate of drug-likeness (QED) is 0.354. The smallest absolute Gasteiger partial charge is 0.161 e. The molecule has 0 saturated heterocycles. The van der Waals surface area contributed by atoms with E-state index in [0.29, 0.717) is 41.7 Å². The highest BCUT2D eigenvalue weighted by atomic mass is 32.2. The fraction of sp³-hybridized carbons (Fsp3) is 0.308. The highest BCUT2D eigenvalue weighted by Crippen LogP contribution is 2.38. The Hall–Kier alpha value is -2.98. The Labute approximate surface area is 210 Å². The number of halogens is 1. The minimum atomic E-state index is -0.332. The van der Waals surface area contributed by atoms with Gasteiger partial charge in [-0.15, -0.1) is 0 Å². The van der Waals surface area contributed by atoms with E-state index < -0.39 is 0 Å². The molecule has 0 spiro atoms. The zero-order valence-electron chi connectivity index (χ0n) is 20.5. The van der Waals surface area contributed by atoms with Gasteiger partial charge in [0.1, 0.15) is 5.82 Å². The number of nitrogens with zero attached hydrogens (tertiary/aromatic N) is 1. The standard InChI is InChI=1S/C26H31FN2O3S.2H2O/c1-5-28-22-15-18(20-9-7-8-10-21(20)27)11-13-23(22)29(30)24(17-33-4)19-12-14-25(31-3)26(16-19)32-6-2;;/h7-16,24,28,30H,5-6,17H2,1-4H3;2*1H2. The predicted octanol–water partition coefficient (Wildman–Crippen LogP) is 4.98. The lowest BCUT2D eigenvalue weighted by atomic mass is 10.0. The van der Waals surface area contributed by atoms with E-state index in [2.05, 4.69) is 5.32 Å². The monoisotopic (exact) mass is 506 g/mol. The second-order valence-electron chi connectivity index (χ2n) is 7.40. The molecule has 1 unspecified atom stereocenters. The summed E-state index contributed by atoms with van der Waals surface area (Å²) in [6.07, 6.45) is 2.00. The molecule has 3 rings (SSSR count). The van der Waals surface area contributed by atoms with E-state index in [9.17, 15) is 9.60 Å². The average molecular weight is 507 g/mol. The first-order valence-corrected chi connectivity index (χ1v) is 12.3. The molecule has 0 aliphatic heterocycles. The van der Waals surface area contributed by atoms with Gasteiger partial charge in [0.25, 0.3) is 0 Å². The molecule has 0 aliphatic carbocycles. The Kier molecular flexibility index (Phi) is 12.4. The van der Waals surface area contributed by atoms with Crippen molar-refractivity contribution in [3.05, 3.63) is 72.0 Å². The summed E-state index contributed by atoms with van der Waals surface area (Å²) in [5, 5.41) is 16.0. The number of hydroxylamine groups is 1. The normalized spacial score (nSPS) is 11.0. The lowest BCUT2D eigenvalue weighted by Crippen LogP contribution is -2.27.